The number of benzene rings is 1. The molecular formula is C13H19FN2O3. The van der Waals surface area contributed by atoms with Crippen molar-refractivity contribution < 1.29 is 18.7 Å². The topological polar surface area (TPSA) is 73.6 Å². The van der Waals surface area contributed by atoms with E-state index < -0.39 is 5.82 Å². The van der Waals surface area contributed by atoms with Crippen LogP contribution < -0.4 is 15.8 Å². The number of methoxy groups -OCH3 is 1. The molecule has 0 aliphatic heterocycles. The van der Waals surface area contributed by atoms with Gasteiger partial charge in [0, 0.05) is 31.3 Å². The lowest BCUT2D eigenvalue weighted by Gasteiger charge is -2.10. The highest BCUT2D eigenvalue weighted by Crippen LogP contribution is 2.20. The molecule has 0 aliphatic carbocycles. The Balaban J connectivity index is 2.45. The van der Waals surface area contributed by atoms with Crippen LogP contribution in [-0.2, 0) is 9.53 Å². The van der Waals surface area contributed by atoms with E-state index in [1.807, 2.05) is 0 Å². The standard InChI is InChI=1S/C13H19FN2O3/c1-9(15)11-4-3-10(7-12(11)14)19-8-13(17)16-5-6-18-2/h3-4,7,9H,5-6,8,15H2,1-2H3,(H,16,17)/t9-/m0/s1. The van der Waals surface area contributed by atoms with E-state index in [1.165, 1.54) is 6.07 Å². The predicted molar refractivity (Wildman–Crippen MR) is 69.4 cm³/mol. The molecule has 0 aliphatic rings. The van der Waals surface area contributed by atoms with Crippen LogP contribution in [0.1, 0.15) is 18.5 Å². The Kier molecular flexibility index (Phi) is 6.24. The van der Waals surface area contributed by atoms with Gasteiger partial charge >= 0.3 is 0 Å². The fraction of sp³-hybridized carbons (Fsp3) is 0.462. The number of hydrogen-bond acceptors (Lipinski definition) is 4. The van der Waals surface area contributed by atoms with Crippen LogP contribution in [0, 0.1) is 5.82 Å². The second kappa shape index (κ2) is 7.70. The molecule has 0 bridgehead atoms. The van der Waals surface area contributed by atoms with E-state index in [9.17, 15) is 9.18 Å². The molecule has 0 spiro atoms. The van der Waals surface area contributed by atoms with Gasteiger partial charge in [0.15, 0.2) is 6.61 Å². The first kappa shape index (κ1) is 15.4. The summed E-state index contributed by atoms with van der Waals surface area (Å²) in [6.45, 7) is 2.38. The van der Waals surface area contributed by atoms with Gasteiger partial charge in [-0.3, -0.25) is 4.79 Å². The van der Waals surface area contributed by atoms with Crippen LogP contribution in [0.3, 0.4) is 0 Å². The van der Waals surface area contributed by atoms with Gasteiger partial charge in [-0.15, -0.1) is 0 Å². The maximum absolute atomic E-state index is 13.6. The van der Waals surface area contributed by atoms with Crippen molar-refractivity contribution >= 4 is 5.91 Å². The average Bonchev–Trinajstić information content (AvgIpc) is 2.36. The third-order valence-corrected chi connectivity index (χ3v) is 2.46. The van der Waals surface area contributed by atoms with E-state index in [2.05, 4.69) is 5.32 Å². The molecule has 0 saturated carbocycles. The van der Waals surface area contributed by atoms with Crippen molar-refractivity contribution in [2.75, 3.05) is 26.9 Å². The quantitative estimate of drug-likeness (QED) is 0.725. The molecule has 19 heavy (non-hydrogen) atoms. The van der Waals surface area contributed by atoms with Gasteiger partial charge in [-0.1, -0.05) is 6.07 Å². The first-order valence-electron chi connectivity index (χ1n) is 5.98. The summed E-state index contributed by atoms with van der Waals surface area (Å²) >= 11 is 0. The molecule has 1 aromatic carbocycles. The third-order valence-electron chi connectivity index (χ3n) is 2.46. The smallest absolute Gasteiger partial charge is 0.258 e. The van der Waals surface area contributed by atoms with Crippen LogP contribution >= 0.6 is 0 Å². The first-order chi connectivity index (χ1) is 9.04. The summed E-state index contributed by atoms with van der Waals surface area (Å²) in [5.74, 6) is -0.426. The number of hydrogen-bond donors (Lipinski definition) is 2. The number of amides is 1. The van der Waals surface area contributed by atoms with Gasteiger partial charge in [-0.05, 0) is 13.0 Å². The molecular weight excluding hydrogens is 251 g/mol. The van der Waals surface area contributed by atoms with Crippen molar-refractivity contribution in [1.29, 1.82) is 0 Å². The highest BCUT2D eigenvalue weighted by molar-refractivity contribution is 5.77. The second-order valence-electron chi connectivity index (χ2n) is 4.10. The van der Waals surface area contributed by atoms with Crippen LogP contribution in [0.25, 0.3) is 0 Å². The summed E-state index contributed by atoms with van der Waals surface area (Å²) < 4.78 is 23.6. The summed E-state index contributed by atoms with van der Waals surface area (Å²) in [7, 11) is 1.55. The molecule has 3 N–H and O–H groups in total. The number of carbonyl (C=O) groups is 1. The SMILES string of the molecule is COCCNC(=O)COc1ccc([C@H](C)N)c(F)c1. The van der Waals surface area contributed by atoms with E-state index in [-0.39, 0.29) is 18.6 Å². The number of nitrogens with two attached hydrogens (primary N) is 1. The molecule has 0 aromatic heterocycles. The van der Waals surface area contributed by atoms with Gasteiger partial charge in [0.25, 0.3) is 5.91 Å². The lowest BCUT2D eigenvalue weighted by Crippen LogP contribution is -2.31. The molecule has 1 atom stereocenters. The molecule has 0 unspecified atom stereocenters. The van der Waals surface area contributed by atoms with Crippen LogP contribution in [-0.4, -0.2) is 32.8 Å². The third kappa shape index (κ3) is 5.23. The zero-order chi connectivity index (χ0) is 14.3. The van der Waals surface area contributed by atoms with Gasteiger partial charge in [0.2, 0.25) is 0 Å². The Hall–Kier alpha value is -1.66. The molecule has 5 nitrogen and oxygen atoms in total. The molecule has 0 saturated heterocycles. The molecule has 1 amide bonds. The number of ether oxygens (including phenoxy) is 2. The number of nitrogens with one attached hydrogen (secondary N) is 1. The minimum Gasteiger partial charge on any atom is -0.484 e. The molecule has 0 radical (unpaired) electrons. The van der Waals surface area contributed by atoms with E-state index in [0.29, 0.717) is 24.5 Å². The molecule has 106 valence electrons. The minimum atomic E-state index is -0.438. The van der Waals surface area contributed by atoms with E-state index in [0.717, 1.165) is 0 Å². The van der Waals surface area contributed by atoms with Crippen LogP contribution in [0.15, 0.2) is 18.2 Å². The lowest BCUT2D eigenvalue weighted by molar-refractivity contribution is -0.123. The van der Waals surface area contributed by atoms with E-state index >= 15 is 0 Å². The van der Waals surface area contributed by atoms with Crippen molar-refractivity contribution in [3.63, 3.8) is 0 Å². The number of rotatable bonds is 7. The molecule has 0 fully saturated rings. The maximum Gasteiger partial charge on any atom is 0.258 e. The van der Waals surface area contributed by atoms with Crippen LogP contribution in [0.5, 0.6) is 5.75 Å². The largest absolute Gasteiger partial charge is 0.484 e. The Morgan fingerprint density at radius 2 is 2.26 bits per heavy atom. The van der Waals surface area contributed by atoms with Gasteiger partial charge in [-0.25, -0.2) is 4.39 Å². The van der Waals surface area contributed by atoms with E-state index in [4.69, 9.17) is 15.2 Å². The van der Waals surface area contributed by atoms with Crippen LogP contribution in [0.4, 0.5) is 4.39 Å². The predicted octanol–water partition coefficient (Wildman–Crippen LogP) is 0.987. The van der Waals surface area contributed by atoms with Crippen molar-refractivity contribution in [3.05, 3.63) is 29.6 Å². The minimum absolute atomic E-state index is 0.166. The Bertz CT molecular complexity index is 424. The summed E-state index contributed by atoms with van der Waals surface area (Å²) in [6, 6.07) is 3.98. The average molecular weight is 270 g/mol. The molecule has 0 heterocycles. The van der Waals surface area contributed by atoms with Gasteiger partial charge in [0.05, 0.1) is 6.61 Å². The highest BCUT2D eigenvalue weighted by Gasteiger charge is 2.09. The maximum atomic E-state index is 13.6. The first-order valence-corrected chi connectivity index (χ1v) is 5.98. The summed E-state index contributed by atoms with van der Waals surface area (Å²) in [6.07, 6.45) is 0. The summed E-state index contributed by atoms with van der Waals surface area (Å²) in [4.78, 5) is 11.3. The van der Waals surface area contributed by atoms with Crippen molar-refractivity contribution in [2.24, 2.45) is 5.73 Å². The second-order valence-corrected chi connectivity index (χ2v) is 4.10. The number of halogens is 1. The Labute approximate surface area is 111 Å². The van der Waals surface area contributed by atoms with Gasteiger partial charge in [-0.2, -0.15) is 0 Å². The van der Waals surface area contributed by atoms with Crippen molar-refractivity contribution in [1.82, 2.24) is 5.32 Å². The molecule has 6 heteroatoms. The van der Waals surface area contributed by atoms with Crippen molar-refractivity contribution in [3.8, 4) is 5.75 Å². The van der Waals surface area contributed by atoms with Crippen molar-refractivity contribution in [2.45, 2.75) is 13.0 Å². The zero-order valence-electron chi connectivity index (χ0n) is 11.1. The van der Waals surface area contributed by atoms with Gasteiger partial charge in [0.1, 0.15) is 11.6 Å². The van der Waals surface area contributed by atoms with Crippen LogP contribution in [0.2, 0.25) is 0 Å². The fourth-order valence-electron chi connectivity index (χ4n) is 1.46. The van der Waals surface area contributed by atoms with E-state index in [1.54, 1.807) is 26.2 Å². The summed E-state index contributed by atoms with van der Waals surface area (Å²) in [5, 5.41) is 2.60. The Morgan fingerprint density at radius 3 is 2.84 bits per heavy atom. The summed E-state index contributed by atoms with van der Waals surface area (Å²) in [5.41, 5.74) is 6.01. The highest BCUT2D eigenvalue weighted by atomic mass is 19.1. The monoisotopic (exact) mass is 270 g/mol. The lowest BCUT2D eigenvalue weighted by atomic mass is 10.1. The molecule has 1 aromatic rings. The Morgan fingerprint density at radius 1 is 1.53 bits per heavy atom. The zero-order valence-corrected chi connectivity index (χ0v) is 11.1. The normalized spacial score (nSPS) is 12.0. The van der Waals surface area contributed by atoms with Gasteiger partial charge < -0.3 is 20.5 Å². The number of carbonyl (C=O) groups excluding carboxylic acids is 1. The molecule has 1 rings (SSSR count). The fourth-order valence-corrected chi connectivity index (χ4v) is 1.46.